The van der Waals surface area contributed by atoms with Crippen LogP contribution >= 0.6 is 0 Å². The van der Waals surface area contributed by atoms with Gasteiger partial charge in [-0.1, -0.05) is 25.1 Å². The molecule has 0 amide bonds. The zero-order valence-electron chi connectivity index (χ0n) is 7.41. The lowest BCUT2D eigenvalue weighted by Crippen LogP contribution is -2.19. The highest BCUT2D eigenvalue weighted by Crippen LogP contribution is 2.30. The number of hydrogen-bond donors (Lipinski definition) is 2. The highest BCUT2D eigenvalue weighted by molar-refractivity contribution is 5.35. The van der Waals surface area contributed by atoms with Crippen LogP contribution in [0.25, 0.3) is 0 Å². The van der Waals surface area contributed by atoms with Crippen molar-refractivity contribution in [2.24, 2.45) is 0 Å². The van der Waals surface area contributed by atoms with Gasteiger partial charge in [-0.05, 0) is 19.4 Å². The quantitative estimate of drug-likeness (QED) is 0.705. The summed E-state index contributed by atoms with van der Waals surface area (Å²) in [6.07, 6.45) is 0.588. The molecule has 2 nitrogen and oxygen atoms in total. The van der Waals surface area contributed by atoms with Crippen molar-refractivity contribution in [1.82, 2.24) is 0 Å². The summed E-state index contributed by atoms with van der Waals surface area (Å²) in [6, 6.07) is 6.86. The van der Waals surface area contributed by atoms with Crippen LogP contribution in [0, 0.1) is 0 Å². The first-order chi connectivity index (χ1) is 5.58. The summed E-state index contributed by atoms with van der Waals surface area (Å²) < 4.78 is 0. The Balaban J connectivity index is 3.10. The molecule has 0 unspecified atom stereocenters. The van der Waals surface area contributed by atoms with Crippen LogP contribution in [-0.4, -0.2) is 10.2 Å². The molecule has 1 aromatic rings. The Morgan fingerprint density at radius 1 is 1.33 bits per heavy atom. The lowest BCUT2D eigenvalue weighted by atomic mass is 9.93. The first-order valence-electron chi connectivity index (χ1n) is 4.09. The standard InChI is InChI=1S/C10H14O2/c1-3-10(2,12)8-6-4-5-7-9(8)11/h4-7,11-12H,3H2,1-2H3/t10-/m1/s1. The van der Waals surface area contributed by atoms with E-state index in [2.05, 4.69) is 0 Å². The van der Waals surface area contributed by atoms with Gasteiger partial charge in [0.15, 0.2) is 0 Å². The van der Waals surface area contributed by atoms with Crippen molar-refractivity contribution in [2.45, 2.75) is 25.9 Å². The molecule has 1 rings (SSSR count). The molecular formula is C10H14O2. The van der Waals surface area contributed by atoms with Crippen molar-refractivity contribution >= 4 is 0 Å². The molecule has 66 valence electrons. The van der Waals surface area contributed by atoms with E-state index in [-0.39, 0.29) is 5.75 Å². The fraction of sp³-hybridized carbons (Fsp3) is 0.400. The topological polar surface area (TPSA) is 40.5 Å². The summed E-state index contributed by atoms with van der Waals surface area (Å²) in [5.74, 6) is 0.157. The molecule has 0 aromatic heterocycles. The van der Waals surface area contributed by atoms with E-state index in [1.165, 1.54) is 0 Å². The van der Waals surface area contributed by atoms with Crippen molar-refractivity contribution < 1.29 is 10.2 Å². The average Bonchev–Trinajstić information content (AvgIpc) is 2.05. The molecule has 0 heterocycles. The first kappa shape index (κ1) is 9.07. The van der Waals surface area contributed by atoms with E-state index in [0.717, 1.165) is 0 Å². The molecule has 0 aliphatic rings. The van der Waals surface area contributed by atoms with Crippen molar-refractivity contribution in [3.05, 3.63) is 29.8 Å². The van der Waals surface area contributed by atoms with Crippen LogP contribution in [0.2, 0.25) is 0 Å². The minimum absolute atomic E-state index is 0.157. The molecule has 0 spiro atoms. The summed E-state index contributed by atoms with van der Waals surface area (Å²) in [5.41, 5.74) is -0.335. The van der Waals surface area contributed by atoms with Gasteiger partial charge in [0.05, 0.1) is 5.60 Å². The van der Waals surface area contributed by atoms with E-state index >= 15 is 0 Å². The molecule has 0 saturated carbocycles. The van der Waals surface area contributed by atoms with Gasteiger partial charge in [-0.3, -0.25) is 0 Å². The summed E-state index contributed by atoms with van der Waals surface area (Å²) in [4.78, 5) is 0. The maximum Gasteiger partial charge on any atom is 0.121 e. The Hall–Kier alpha value is -1.02. The van der Waals surface area contributed by atoms with Gasteiger partial charge < -0.3 is 10.2 Å². The summed E-state index contributed by atoms with van der Waals surface area (Å²) in [5, 5.41) is 19.2. The monoisotopic (exact) mass is 166 g/mol. The minimum Gasteiger partial charge on any atom is -0.508 e. The maximum absolute atomic E-state index is 9.82. The van der Waals surface area contributed by atoms with Gasteiger partial charge in [-0.2, -0.15) is 0 Å². The predicted molar refractivity (Wildman–Crippen MR) is 48.0 cm³/mol. The maximum atomic E-state index is 9.82. The predicted octanol–water partition coefficient (Wildman–Crippen LogP) is 2.01. The third kappa shape index (κ3) is 1.59. The Bertz CT molecular complexity index is 266. The smallest absolute Gasteiger partial charge is 0.121 e. The number of rotatable bonds is 2. The second kappa shape index (κ2) is 3.15. The van der Waals surface area contributed by atoms with Crippen LogP contribution in [-0.2, 0) is 5.60 Å². The molecule has 12 heavy (non-hydrogen) atoms. The number of phenols is 1. The third-order valence-electron chi connectivity index (χ3n) is 2.17. The Morgan fingerprint density at radius 2 is 1.92 bits per heavy atom. The number of phenolic OH excluding ortho intramolecular Hbond substituents is 1. The molecule has 1 aromatic carbocycles. The summed E-state index contributed by atoms with van der Waals surface area (Å²) in [6.45, 7) is 3.58. The molecule has 2 N–H and O–H groups in total. The lowest BCUT2D eigenvalue weighted by molar-refractivity contribution is 0.0506. The fourth-order valence-electron chi connectivity index (χ4n) is 1.12. The SMILES string of the molecule is CC[C@@](C)(O)c1ccccc1O. The van der Waals surface area contributed by atoms with E-state index in [1.54, 1.807) is 31.2 Å². The number of hydrogen-bond acceptors (Lipinski definition) is 2. The van der Waals surface area contributed by atoms with Crippen LogP contribution in [0.1, 0.15) is 25.8 Å². The molecule has 0 bridgehead atoms. The van der Waals surface area contributed by atoms with Crippen LogP contribution in [0.5, 0.6) is 5.75 Å². The number of aliphatic hydroxyl groups is 1. The van der Waals surface area contributed by atoms with E-state index in [1.807, 2.05) is 6.92 Å². The van der Waals surface area contributed by atoms with Gasteiger partial charge >= 0.3 is 0 Å². The molecular weight excluding hydrogens is 152 g/mol. The molecule has 1 atom stereocenters. The zero-order valence-corrected chi connectivity index (χ0v) is 7.41. The molecule has 0 saturated heterocycles. The lowest BCUT2D eigenvalue weighted by Gasteiger charge is -2.22. The summed E-state index contributed by atoms with van der Waals surface area (Å²) >= 11 is 0. The molecule has 0 radical (unpaired) electrons. The average molecular weight is 166 g/mol. The second-order valence-electron chi connectivity index (χ2n) is 3.14. The number of para-hydroxylation sites is 1. The van der Waals surface area contributed by atoms with Gasteiger partial charge in [0.25, 0.3) is 0 Å². The highest BCUT2D eigenvalue weighted by Gasteiger charge is 2.22. The van der Waals surface area contributed by atoms with E-state index in [0.29, 0.717) is 12.0 Å². The normalized spacial score (nSPS) is 15.6. The van der Waals surface area contributed by atoms with Gasteiger partial charge in [-0.25, -0.2) is 0 Å². The van der Waals surface area contributed by atoms with Gasteiger partial charge in [0, 0.05) is 5.56 Å². The van der Waals surface area contributed by atoms with E-state index in [4.69, 9.17) is 0 Å². The van der Waals surface area contributed by atoms with Crippen molar-refractivity contribution in [3.63, 3.8) is 0 Å². The minimum atomic E-state index is -0.925. The molecule has 0 aliphatic carbocycles. The number of benzene rings is 1. The molecule has 0 aliphatic heterocycles. The zero-order chi connectivity index (χ0) is 9.19. The Labute approximate surface area is 72.5 Å². The van der Waals surface area contributed by atoms with Gasteiger partial charge in [-0.15, -0.1) is 0 Å². The fourth-order valence-corrected chi connectivity index (χ4v) is 1.12. The van der Waals surface area contributed by atoms with Gasteiger partial charge in [0.2, 0.25) is 0 Å². The van der Waals surface area contributed by atoms with Crippen molar-refractivity contribution in [2.75, 3.05) is 0 Å². The largest absolute Gasteiger partial charge is 0.508 e. The van der Waals surface area contributed by atoms with Crippen LogP contribution in [0.4, 0.5) is 0 Å². The van der Waals surface area contributed by atoms with E-state index < -0.39 is 5.60 Å². The first-order valence-corrected chi connectivity index (χ1v) is 4.09. The summed E-state index contributed by atoms with van der Waals surface area (Å²) in [7, 11) is 0. The van der Waals surface area contributed by atoms with Crippen LogP contribution < -0.4 is 0 Å². The molecule has 0 fully saturated rings. The van der Waals surface area contributed by atoms with Crippen LogP contribution in [0.3, 0.4) is 0 Å². The van der Waals surface area contributed by atoms with Crippen molar-refractivity contribution in [1.29, 1.82) is 0 Å². The third-order valence-corrected chi connectivity index (χ3v) is 2.17. The van der Waals surface area contributed by atoms with E-state index in [9.17, 15) is 10.2 Å². The Morgan fingerprint density at radius 3 is 2.42 bits per heavy atom. The Kier molecular flexibility index (Phi) is 2.38. The van der Waals surface area contributed by atoms with Crippen molar-refractivity contribution in [3.8, 4) is 5.75 Å². The highest BCUT2D eigenvalue weighted by atomic mass is 16.3. The molecule has 2 heteroatoms. The van der Waals surface area contributed by atoms with Gasteiger partial charge in [0.1, 0.15) is 5.75 Å². The second-order valence-corrected chi connectivity index (χ2v) is 3.14. The number of aromatic hydroxyl groups is 1. The van der Waals surface area contributed by atoms with Crippen LogP contribution in [0.15, 0.2) is 24.3 Å².